The number of hydrogen-bond acceptors (Lipinski definition) is 2. The molecule has 0 bridgehead atoms. The Balaban J connectivity index is 3.16. The number of aromatic carboxylic acids is 1. The first-order chi connectivity index (χ1) is 7.31. The molecule has 0 spiro atoms. The average molecular weight is 230 g/mol. The standard InChI is InChI=1S/C10H5F3O3/c1-2-6-3-7(9(14)15)5-8(4-6)16-10(11,12)13/h1,3-5H,(H,14,15). The molecule has 16 heavy (non-hydrogen) atoms. The van der Waals surface area contributed by atoms with E-state index in [1.807, 2.05) is 5.92 Å². The number of ether oxygens (including phenoxy) is 1. The highest BCUT2D eigenvalue weighted by Gasteiger charge is 2.31. The lowest BCUT2D eigenvalue weighted by atomic mass is 10.1. The number of alkyl halides is 3. The predicted octanol–water partition coefficient (Wildman–Crippen LogP) is 2.26. The molecule has 1 aromatic rings. The van der Waals surface area contributed by atoms with E-state index in [9.17, 15) is 18.0 Å². The van der Waals surface area contributed by atoms with Gasteiger partial charge in [0.15, 0.2) is 0 Å². The number of carbonyl (C=O) groups is 1. The molecule has 0 aliphatic heterocycles. The van der Waals surface area contributed by atoms with Gasteiger partial charge in [-0.25, -0.2) is 4.79 Å². The summed E-state index contributed by atoms with van der Waals surface area (Å²) in [6.07, 6.45) is 0.0858. The fraction of sp³-hybridized carbons (Fsp3) is 0.100. The molecule has 0 aromatic heterocycles. The Labute approximate surface area is 88.5 Å². The number of rotatable bonds is 2. The summed E-state index contributed by atoms with van der Waals surface area (Å²) >= 11 is 0. The number of terminal acetylenes is 1. The molecule has 6 heteroatoms. The minimum absolute atomic E-state index is 0.000787. The molecule has 84 valence electrons. The van der Waals surface area contributed by atoms with Crippen LogP contribution in [0.5, 0.6) is 5.75 Å². The molecule has 3 nitrogen and oxygen atoms in total. The van der Waals surface area contributed by atoms with Crippen molar-refractivity contribution in [2.45, 2.75) is 6.36 Å². The molecule has 1 rings (SSSR count). The van der Waals surface area contributed by atoms with Gasteiger partial charge in [-0.3, -0.25) is 0 Å². The van der Waals surface area contributed by atoms with Crippen LogP contribution >= 0.6 is 0 Å². The van der Waals surface area contributed by atoms with Gasteiger partial charge >= 0.3 is 12.3 Å². The predicted molar refractivity (Wildman–Crippen MR) is 48.0 cm³/mol. The Morgan fingerprint density at radius 2 is 2.00 bits per heavy atom. The van der Waals surface area contributed by atoms with E-state index < -0.39 is 18.1 Å². The fourth-order valence-electron chi connectivity index (χ4n) is 0.998. The van der Waals surface area contributed by atoms with Crippen molar-refractivity contribution in [3.8, 4) is 18.1 Å². The van der Waals surface area contributed by atoms with Crippen LogP contribution in [0.3, 0.4) is 0 Å². The lowest BCUT2D eigenvalue weighted by Gasteiger charge is -2.09. The third-order valence-electron chi connectivity index (χ3n) is 1.55. The van der Waals surface area contributed by atoms with Crippen LogP contribution in [0.4, 0.5) is 13.2 Å². The number of hydrogen-bond donors (Lipinski definition) is 1. The molecule has 0 amide bonds. The van der Waals surface area contributed by atoms with E-state index >= 15 is 0 Å². The minimum atomic E-state index is -4.89. The second-order valence-corrected chi connectivity index (χ2v) is 2.74. The van der Waals surface area contributed by atoms with Gasteiger partial charge in [0.2, 0.25) is 0 Å². The van der Waals surface area contributed by atoms with E-state index in [0.717, 1.165) is 18.2 Å². The minimum Gasteiger partial charge on any atom is -0.478 e. The van der Waals surface area contributed by atoms with Crippen molar-refractivity contribution >= 4 is 5.97 Å². The maximum absolute atomic E-state index is 11.9. The van der Waals surface area contributed by atoms with Crippen LogP contribution in [0.15, 0.2) is 18.2 Å². The van der Waals surface area contributed by atoms with E-state index in [0.29, 0.717) is 0 Å². The topological polar surface area (TPSA) is 46.5 Å². The quantitative estimate of drug-likeness (QED) is 0.792. The molecule has 0 saturated heterocycles. The van der Waals surface area contributed by atoms with Gasteiger partial charge in [-0.1, -0.05) is 5.92 Å². The summed E-state index contributed by atoms with van der Waals surface area (Å²) in [5.74, 6) is 0.000186. The van der Waals surface area contributed by atoms with Crippen LogP contribution in [0, 0.1) is 12.3 Å². The van der Waals surface area contributed by atoms with Gasteiger partial charge in [-0.05, 0) is 18.2 Å². The van der Waals surface area contributed by atoms with Crippen molar-refractivity contribution in [3.63, 3.8) is 0 Å². The lowest BCUT2D eigenvalue weighted by Crippen LogP contribution is -2.17. The summed E-state index contributed by atoms with van der Waals surface area (Å²) in [6, 6.07) is 2.75. The van der Waals surface area contributed by atoms with Crippen LogP contribution < -0.4 is 4.74 Å². The number of benzene rings is 1. The third-order valence-corrected chi connectivity index (χ3v) is 1.55. The molecule has 0 atom stereocenters. The lowest BCUT2D eigenvalue weighted by molar-refractivity contribution is -0.274. The van der Waals surface area contributed by atoms with Gasteiger partial charge in [0.25, 0.3) is 0 Å². The highest BCUT2D eigenvalue weighted by Crippen LogP contribution is 2.24. The fourth-order valence-corrected chi connectivity index (χ4v) is 0.998. The van der Waals surface area contributed by atoms with Crippen LogP contribution in [-0.2, 0) is 0 Å². The zero-order valence-corrected chi connectivity index (χ0v) is 7.71. The molecule has 1 N–H and O–H groups in total. The Morgan fingerprint density at radius 1 is 1.38 bits per heavy atom. The van der Waals surface area contributed by atoms with E-state index in [-0.39, 0.29) is 11.1 Å². The van der Waals surface area contributed by atoms with Gasteiger partial charge in [0, 0.05) is 5.56 Å². The zero-order chi connectivity index (χ0) is 12.3. The molecule has 0 aliphatic rings. The number of carboxylic acid groups (broad SMARTS) is 1. The number of halogens is 3. The van der Waals surface area contributed by atoms with Crippen molar-refractivity contribution in [2.24, 2.45) is 0 Å². The summed E-state index contributed by atoms with van der Waals surface area (Å²) in [5.41, 5.74) is -0.367. The molecular formula is C10H5F3O3. The largest absolute Gasteiger partial charge is 0.573 e. The van der Waals surface area contributed by atoms with E-state index in [1.54, 1.807) is 0 Å². The first kappa shape index (κ1) is 11.9. The number of carboxylic acids is 1. The van der Waals surface area contributed by atoms with E-state index in [2.05, 4.69) is 4.74 Å². The molecule has 0 fully saturated rings. The van der Waals surface area contributed by atoms with Crippen LogP contribution in [0.2, 0.25) is 0 Å². The van der Waals surface area contributed by atoms with Gasteiger partial charge in [-0.15, -0.1) is 19.6 Å². The molecule has 0 radical (unpaired) electrons. The Morgan fingerprint density at radius 3 is 2.44 bits per heavy atom. The van der Waals surface area contributed by atoms with Gasteiger partial charge in [0.1, 0.15) is 5.75 Å². The summed E-state index contributed by atoms with van der Waals surface area (Å²) in [5, 5.41) is 8.62. The third kappa shape index (κ3) is 3.20. The van der Waals surface area contributed by atoms with E-state index in [1.165, 1.54) is 0 Å². The average Bonchev–Trinajstić information content (AvgIpc) is 2.14. The molecule has 0 unspecified atom stereocenters. The second-order valence-electron chi connectivity index (χ2n) is 2.74. The maximum Gasteiger partial charge on any atom is 0.573 e. The van der Waals surface area contributed by atoms with Gasteiger partial charge in [0.05, 0.1) is 5.56 Å². The Hall–Kier alpha value is -2.16. The molecule has 0 heterocycles. The molecular weight excluding hydrogens is 225 g/mol. The second kappa shape index (κ2) is 4.14. The van der Waals surface area contributed by atoms with Crippen molar-refractivity contribution in [3.05, 3.63) is 29.3 Å². The van der Waals surface area contributed by atoms with E-state index in [4.69, 9.17) is 11.5 Å². The highest BCUT2D eigenvalue weighted by atomic mass is 19.4. The first-order valence-corrected chi connectivity index (χ1v) is 3.92. The zero-order valence-electron chi connectivity index (χ0n) is 7.71. The summed E-state index contributed by atoms with van der Waals surface area (Å²) < 4.78 is 39.2. The Kier molecular flexibility index (Phi) is 3.09. The van der Waals surface area contributed by atoms with Gasteiger partial charge < -0.3 is 9.84 Å². The van der Waals surface area contributed by atoms with Crippen molar-refractivity contribution in [1.29, 1.82) is 0 Å². The maximum atomic E-state index is 11.9. The summed E-state index contributed by atoms with van der Waals surface area (Å²) in [7, 11) is 0. The monoisotopic (exact) mass is 230 g/mol. The summed E-state index contributed by atoms with van der Waals surface area (Å²) in [4.78, 5) is 10.6. The SMILES string of the molecule is C#Cc1cc(OC(F)(F)F)cc(C(=O)O)c1. The molecule has 0 saturated carbocycles. The molecule has 1 aromatic carbocycles. The molecule has 0 aliphatic carbocycles. The Bertz CT molecular complexity index is 457. The van der Waals surface area contributed by atoms with Crippen LogP contribution in [0.25, 0.3) is 0 Å². The first-order valence-electron chi connectivity index (χ1n) is 3.92. The smallest absolute Gasteiger partial charge is 0.478 e. The normalized spacial score (nSPS) is 10.6. The highest BCUT2D eigenvalue weighted by molar-refractivity contribution is 5.88. The van der Waals surface area contributed by atoms with Crippen molar-refractivity contribution in [1.82, 2.24) is 0 Å². The van der Waals surface area contributed by atoms with Crippen molar-refractivity contribution in [2.75, 3.05) is 0 Å². The van der Waals surface area contributed by atoms with Crippen LogP contribution in [-0.4, -0.2) is 17.4 Å². The summed E-state index contributed by atoms with van der Waals surface area (Å²) in [6.45, 7) is 0. The van der Waals surface area contributed by atoms with Crippen LogP contribution in [0.1, 0.15) is 15.9 Å². The van der Waals surface area contributed by atoms with Gasteiger partial charge in [-0.2, -0.15) is 0 Å². The van der Waals surface area contributed by atoms with Crippen molar-refractivity contribution < 1.29 is 27.8 Å².